The smallest absolute Gasteiger partial charge is 0.272 e. The molecule has 6 heteroatoms. The summed E-state index contributed by atoms with van der Waals surface area (Å²) in [5.74, 6) is 0.512. The maximum Gasteiger partial charge on any atom is 0.272 e. The average molecular weight is 335 g/mol. The Labute approximate surface area is 142 Å². The zero-order chi connectivity index (χ0) is 15.3. The number of piperidine rings is 3. The van der Waals surface area contributed by atoms with E-state index in [1.165, 1.54) is 12.8 Å². The molecular formula is C17H23ClN4O. The first-order valence-electron chi connectivity index (χ1n) is 8.06. The highest BCUT2D eigenvalue weighted by atomic mass is 35.5. The second-order valence-electron chi connectivity index (χ2n) is 7.05. The van der Waals surface area contributed by atoms with Gasteiger partial charge in [0.25, 0.3) is 5.91 Å². The van der Waals surface area contributed by atoms with Gasteiger partial charge in [-0.2, -0.15) is 5.10 Å². The highest BCUT2D eigenvalue weighted by molar-refractivity contribution is 6.04. The molecule has 2 aromatic rings. The number of nitrogens with one attached hydrogen (secondary N) is 2. The first kappa shape index (κ1) is 16.3. The topological polar surface area (TPSA) is 61.0 Å². The van der Waals surface area contributed by atoms with Crippen molar-refractivity contribution >= 4 is 29.2 Å². The lowest BCUT2D eigenvalue weighted by Crippen LogP contribution is -2.69. The molecule has 0 unspecified atom stereocenters. The molecule has 5 nitrogen and oxygen atoms in total. The van der Waals surface area contributed by atoms with Crippen LogP contribution in [-0.2, 0) is 0 Å². The number of aromatic amines is 1. The quantitative estimate of drug-likeness (QED) is 0.887. The zero-order valence-corrected chi connectivity index (χ0v) is 14.3. The number of hydrogen-bond acceptors (Lipinski definition) is 3. The molecular weight excluding hydrogens is 312 g/mol. The summed E-state index contributed by atoms with van der Waals surface area (Å²) in [5, 5.41) is 11.3. The first-order valence-corrected chi connectivity index (χ1v) is 8.06. The molecule has 124 valence electrons. The summed E-state index contributed by atoms with van der Waals surface area (Å²) in [6, 6.07) is 7.95. The number of rotatable bonds is 2. The molecule has 0 aliphatic carbocycles. The van der Waals surface area contributed by atoms with Crippen LogP contribution in [0.25, 0.3) is 10.9 Å². The Balaban J connectivity index is 0.00000156. The number of fused-ring (bicyclic) bond motifs is 4. The van der Waals surface area contributed by atoms with E-state index in [9.17, 15) is 4.79 Å². The van der Waals surface area contributed by atoms with Crippen molar-refractivity contribution in [2.75, 3.05) is 13.1 Å². The van der Waals surface area contributed by atoms with Crippen LogP contribution in [0.5, 0.6) is 0 Å². The number of aromatic nitrogens is 2. The second kappa shape index (κ2) is 5.80. The van der Waals surface area contributed by atoms with Crippen LogP contribution in [0, 0.1) is 5.92 Å². The Morgan fingerprint density at radius 1 is 1.30 bits per heavy atom. The fourth-order valence-electron chi connectivity index (χ4n) is 4.22. The molecule has 3 saturated heterocycles. The molecule has 1 aromatic heterocycles. The summed E-state index contributed by atoms with van der Waals surface area (Å²) in [4.78, 5) is 15.2. The number of para-hydroxylation sites is 1. The summed E-state index contributed by atoms with van der Waals surface area (Å²) in [6.07, 6.45) is 2.35. The Morgan fingerprint density at radius 3 is 2.70 bits per heavy atom. The lowest BCUT2D eigenvalue weighted by atomic mass is 9.72. The van der Waals surface area contributed by atoms with Gasteiger partial charge in [-0.1, -0.05) is 18.2 Å². The van der Waals surface area contributed by atoms with E-state index in [4.69, 9.17) is 0 Å². The monoisotopic (exact) mass is 334 g/mol. The third-order valence-electron chi connectivity index (χ3n) is 5.56. The van der Waals surface area contributed by atoms with Crippen LogP contribution >= 0.6 is 12.4 Å². The summed E-state index contributed by atoms with van der Waals surface area (Å²) in [7, 11) is 0. The van der Waals surface area contributed by atoms with Gasteiger partial charge in [-0.05, 0) is 51.8 Å². The van der Waals surface area contributed by atoms with Crippen molar-refractivity contribution in [3.8, 4) is 0 Å². The van der Waals surface area contributed by atoms with Gasteiger partial charge in [-0.25, -0.2) is 0 Å². The Kier molecular flexibility index (Phi) is 4.10. The number of carbonyl (C=O) groups excluding carboxylic acids is 1. The van der Waals surface area contributed by atoms with Gasteiger partial charge in [0.2, 0.25) is 0 Å². The van der Waals surface area contributed by atoms with Crippen LogP contribution in [0.1, 0.15) is 37.2 Å². The van der Waals surface area contributed by atoms with E-state index in [-0.39, 0.29) is 29.9 Å². The maximum absolute atomic E-state index is 12.7. The highest BCUT2D eigenvalue weighted by Gasteiger charge is 2.48. The standard InChI is InChI=1S/C17H22N4O.ClH/c1-17(2)15(11-7-9-21(17)10-8-11)18-16(22)14-12-5-3-4-6-13(12)19-20-14;/h3-6,11,15H,7-10H2,1-2H3,(H,18,22)(H,19,20);1H/t15-;/m0./s1. The van der Waals surface area contributed by atoms with Crippen LogP contribution in [0.2, 0.25) is 0 Å². The molecule has 0 spiro atoms. The molecule has 3 aliphatic heterocycles. The van der Waals surface area contributed by atoms with E-state index in [0.29, 0.717) is 11.6 Å². The van der Waals surface area contributed by atoms with Crippen molar-refractivity contribution in [2.24, 2.45) is 5.92 Å². The molecule has 3 fully saturated rings. The second-order valence-corrected chi connectivity index (χ2v) is 7.05. The van der Waals surface area contributed by atoms with Gasteiger partial charge in [0.1, 0.15) is 0 Å². The average Bonchev–Trinajstić information content (AvgIpc) is 2.95. The molecule has 4 heterocycles. The number of halogens is 1. The van der Waals surface area contributed by atoms with Crippen LogP contribution < -0.4 is 5.32 Å². The minimum absolute atomic E-state index is 0. The van der Waals surface area contributed by atoms with Gasteiger partial charge in [-0.15, -0.1) is 12.4 Å². The lowest BCUT2D eigenvalue weighted by Gasteiger charge is -2.56. The van der Waals surface area contributed by atoms with Gasteiger partial charge in [0.05, 0.1) is 5.52 Å². The summed E-state index contributed by atoms with van der Waals surface area (Å²) in [6.45, 7) is 6.78. The van der Waals surface area contributed by atoms with Gasteiger partial charge < -0.3 is 5.32 Å². The SMILES string of the molecule is CC1(C)[C@@H](NC(=O)c2n[nH]c3ccccc23)C2CCN1CC2.Cl. The largest absolute Gasteiger partial charge is 0.346 e. The Morgan fingerprint density at radius 2 is 2.00 bits per heavy atom. The Bertz CT molecular complexity index is 718. The van der Waals surface area contributed by atoms with Crippen LogP contribution in [0.4, 0.5) is 0 Å². The molecule has 23 heavy (non-hydrogen) atoms. The van der Waals surface area contributed by atoms with Gasteiger partial charge in [0, 0.05) is 17.0 Å². The molecule has 0 saturated carbocycles. The fraction of sp³-hybridized carbons (Fsp3) is 0.529. The number of carbonyl (C=O) groups is 1. The van der Waals surface area contributed by atoms with Crippen molar-refractivity contribution in [3.05, 3.63) is 30.0 Å². The molecule has 2 N–H and O–H groups in total. The molecule has 1 amide bonds. The number of nitrogens with zero attached hydrogens (tertiary/aromatic N) is 2. The molecule has 2 bridgehead atoms. The van der Waals surface area contributed by atoms with E-state index in [2.05, 4.69) is 34.3 Å². The molecule has 0 radical (unpaired) electrons. The minimum atomic E-state index is -0.0655. The van der Waals surface area contributed by atoms with Crippen LogP contribution in [0.3, 0.4) is 0 Å². The van der Waals surface area contributed by atoms with E-state index in [1.54, 1.807) is 0 Å². The zero-order valence-electron chi connectivity index (χ0n) is 13.5. The van der Waals surface area contributed by atoms with E-state index in [1.807, 2.05) is 24.3 Å². The number of hydrogen-bond donors (Lipinski definition) is 2. The van der Waals surface area contributed by atoms with Crippen molar-refractivity contribution in [1.29, 1.82) is 0 Å². The molecule has 5 rings (SSSR count). The Hall–Kier alpha value is -1.59. The van der Waals surface area contributed by atoms with Crippen LogP contribution in [0.15, 0.2) is 24.3 Å². The first-order chi connectivity index (χ1) is 10.6. The third kappa shape index (κ3) is 2.52. The maximum atomic E-state index is 12.7. The normalized spacial score (nSPS) is 28.3. The summed E-state index contributed by atoms with van der Waals surface area (Å²) >= 11 is 0. The molecule has 3 aliphatic rings. The van der Waals surface area contributed by atoms with Crippen LogP contribution in [-0.4, -0.2) is 45.7 Å². The summed E-state index contributed by atoms with van der Waals surface area (Å²) < 4.78 is 0. The number of amides is 1. The lowest BCUT2D eigenvalue weighted by molar-refractivity contribution is -0.0378. The number of H-pyrrole nitrogens is 1. The van der Waals surface area contributed by atoms with Crippen molar-refractivity contribution in [1.82, 2.24) is 20.4 Å². The van der Waals surface area contributed by atoms with Gasteiger partial charge in [0.15, 0.2) is 5.69 Å². The van der Waals surface area contributed by atoms with E-state index in [0.717, 1.165) is 24.0 Å². The number of benzene rings is 1. The molecule has 1 aromatic carbocycles. The third-order valence-corrected chi connectivity index (χ3v) is 5.56. The van der Waals surface area contributed by atoms with Gasteiger partial charge >= 0.3 is 0 Å². The van der Waals surface area contributed by atoms with Crippen molar-refractivity contribution in [3.63, 3.8) is 0 Å². The van der Waals surface area contributed by atoms with Gasteiger partial charge in [-0.3, -0.25) is 14.8 Å². The van der Waals surface area contributed by atoms with Crippen molar-refractivity contribution < 1.29 is 4.79 Å². The minimum Gasteiger partial charge on any atom is -0.346 e. The fourth-order valence-corrected chi connectivity index (χ4v) is 4.22. The summed E-state index contributed by atoms with van der Waals surface area (Å²) in [5.41, 5.74) is 1.42. The van der Waals surface area contributed by atoms with E-state index >= 15 is 0 Å². The van der Waals surface area contributed by atoms with Crippen molar-refractivity contribution in [2.45, 2.75) is 38.3 Å². The highest BCUT2D eigenvalue weighted by Crippen LogP contribution is 2.39. The van der Waals surface area contributed by atoms with E-state index < -0.39 is 0 Å². The predicted molar refractivity (Wildman–Crippen MR) is 93.0 cm³/mol. The molecule has 1 atom stereocenters. The predicted octanol–water partition coefficient (Wildman–Crippen LogP) is 2.59.